The van der Waals surface area contributed by atoms with E-state index in [-0.39, 0.29) is 12.1 Å². The summed E-state index contributed by atoms with van der Waals surface area (Å²) in [6.45, 7) is 5.30. The Morgan fingerprint density at radius 3 is 2.88 bits per heavy atom. The molecular weight excluding hydrogens is 312 g/mol. The van der Waals surface area contributed by atoms with Crippen molar-refractivity contribution in [2.24, 2.45) is 0 Å². The molecule has 0 aliphatic carbocycles. The van der Waals surface area contributed by atoms with Gasteiger partial charge in [-0.05, 0) is 54.0 Å². The van der Waals surface area contributed by atoms with E-state index in [9.17, 15) is 4.79 Å². The summed E-state index contributed by atoms with van der Waals surface area (Å²) < 4.78 is 5.39. The molecule has 132 valence electrons. The van der Waals surface area contributed by atoms with E-state index in [4.69, 9.17) is 4.74 Å². The molecule has 4 rings (SSSR count). The SMILES string of the molecule is CC(C)c1ccc2c(c1)[C@@H](N1CCCC1=O)C[C@@H](C1=COC=CC1)N2. The lowest BCUT2D eigenvalue weighted by Gasteiger charge is -2.39. The van der Waals surface area contributed by atoms with Crippen LogP contribution in [-0.4, -0.2) is 23.4 Å². The number of ether oxygens (including phenoxy) is 1. The lowest BCUT2D eigenvalue weighted by molar-refractivity contribution is -0.130. The molecular formula is C21H26N2O2. The normalized spacial score (nSPS) is 25.5. The molecule has 25 heavy (non-hydrogen) atoms. The summed E-state index contributed by atoms with van der Waals surface area (Å²) in [5.41, 5.74) is 5.00. The van der Waals surface area contributed by atoms with Crippen LogP contribution >= 0.6 is 0 Å². The Labute approximate surface area is 149 Å². The highest BCUT2D eigenvalue weighted by molar-refractivity contribution is 5.79. The number of carbonyl (C=O) groups excluding carboxylic acids is 1. The van der Waals surface area contributed by atoms with Crippen molar-refractivity contribution < 1.29 is 9.53 Å². The van der Waals surface area contributed by atoms with Crippen LogP contribution in [0.3, 0.4) is 0 Å². The number of nitrogens with zero attached hydrogens (tertiary/aromatic N) is 1. The number of rotatable bonds is 3. The maximum absolute atomic E-state index is 12.4. The molecule has 1 aromatic carbocycles. The molecule has 0 unspecified atom stereocenters. The third-order valence-electron chi connectivity index (χ3n) is 5.57. The summed E-state index contributed by atoms with van der Waals surface area (Å²) in [7, 11) is 0. The summed E-state index contributed by atoms with van der Waals surface area (Å²) in [6, 6.07) is 7.05. The van der Waals surface area contributed by atoms with Crippen molar-refractivity contribution in [3.63, 3.8) is 0 Å². The number of fused-ring (bicyclic) bond motifs is 1. The molecule has 0 saturated carbocycles. The van der Waals surface area contributed by atoms with Gasteiger partial charge in [-0.15, -0.1) is 0 Å². The highest BCUT2D eigenvalue weighted by atomic mass is 16.5. The summed E-state index contributed by atoms with van der Waals surface area (Å²) in [5, 5.41) is 3.68. The van der Waals surface area contributed by atoms with Gasteiger partial charge in [-0.25, -0.2) is 0 Å². The predicted molar refractivity (Wildman–Crippen MR) is 99.2 cm³/mol. The monoisotopic (exact) mass is 338 g/mol. The summed E-state index contributed by atoms with van der Waals surface area (Å²) in [5.74, 6) is 0.776. The van der Waals surface area contributed by atoms with Crippen LogP contribution in [0.5, 0.6) is 0 Å². The van der Waals surface area contributed by atoms with E-state index in [1.807, 2.05) is 12.3 Å². The molecule has 0 radical (unpaired) electrons. The van der Waals surface area contributed by atoms with Crippen molar-refractivity contribution in [3.05, 3.63) is 53.5 Å². The van der Waals surface area contributed by atoms with Crippen LogP contribution < -0.4 is 5.32 Å². The van der Waals surface area contributed by atoms with Gasteiger partial charge in [0.1, 0.15) is 0 Å². The van der Waals surface area contributed by atoms with Crippen molar-refractivity contribution in [2.45, 2.75) is 57.5 Å². The highest BCUT2D eigenvalue weighted by Crippen LogP contribution is 2.42. The van der Waals surface area contributed by atoms with Gasteiger partial charge >= 0.3 is 0 Å². The lowest BCUT2D eigenvalue weighted by atomic mass is 9.85. The number of likely N-dealkylation sites (tertiary alicyclic amines) is 1. The second-order valence-corrected chi connectivity index (χ2v) is 7.55. The minimum atomic E-state index is 0.154. The molecule has 1 saturated heterocycles. The molecule has 3 heterocycles. The zero-order chi connectivity index (χ0) is 17.4. The van der Waals surface area contributed by atoms with Crippen molar-refractivity contribution in [1.82, 2.24) is 4.90 Å². The van der Waals surface area contributed by atoms with Crippen molar-refractivity contribution in [1.29, 1.82) is 0 Å². The van der Waals surface area contributed by atoms with Gasteiger partial charge in [-0.1, -0.05) is 26.0 Å². The minimum Gasteiger partial charge on any atom is -0.473 e. The van der Waals surface area contributed by atoms with Gasteiger partial charge in [0.25, 0.3) is 0 Å². The number of nitrogens with one attached hydrogen (secondary N) is 1. The molecule has 3 aliphatic rings. The first-order valence-electron chi connectivity index (χ1n) is 9.32. The van der Waals surface area contributed by atoms with Gasteiger partial charge in [0.05, 0.1) is 24.6 Å². The van der Waals surface area contributed by atoms with Crippen LogP contribution in [0.25, 0.3) is 0 Å². The summed E-state index contributed by atoms with van der Waals surface area (Å²) >= 11 is 0. The number of hydrogen-bond acceptors (Lipinski definition) is 3. The Hall–Kier alpha value is -2.23. The van der Waals surface area contributed by atoms with Crippen LogP contribution in [-0.2, 0) is 9.53 Å². The third-order valence-corrected chi connectivity index (χ3v) is 5.57. The predicted octanol–water partition coefficient (Wildman–Crippen LogP) is 4.48. The van der Waals surface area contributed by atoms with Crippen LogP contribution in [0.4, 0.5) is 5.69 Å². The molecule has 1 amide bonds. The quantitative estimate of drug-likeness (QED) is 0.884. The number of benzene rings is 1. The molecule has 1 N–H and O–H groups in total. The maximum atomic E-state index is 12.4. The Bertz CT molecular complexity index is 735. The number of hydrogen-bond donors (Lipinski definition) is 1. The zero-order valence-corrected chi connectivity index (χ0v) is 15.0. The van der Waals surface area contributed by atoms with E-state index in [2.05, 4.69) is 42.3 Å². The standard InChI is InChI=1S/C21H26N2O2/c1-14(2)15-7-8-18-17(11-15)20(23-9-3-6-21(23)24)12-19(22-18)16-5-4-10-25-13-16/h4,7-8,10-11,13-14,19-20,22H,3,5-6,9,12H2,1-2H3/t19-,20-/m0/s1. The fraction of sp³-hybridized carbons (Fsp3) is 0.476. The first kappa shape index (κ1) is 16.2. The molecule has 4 nitrogen and oxygen atoms in total. The Morgan fingerprint density at radius 1 is 1.32 bits per heavy atom. The van der Waals surface area contributed by atoms with E-state index in [0.717, 1.165) is 31.5 Å². The average Bonchev–Trinajstić information content (AvgIpc) is 3.06. The Kier molecular flexibility index (Phi) is 4.28. The topological polar surface area (TPSA) is 41.6 Å². The van der Waals surface area contributed by atoms with Crippen LogP contribution in [0.1, 0.15) is 62.6 Å². The number of carbonyl (C=O) groups is 1. The first-order valence-corrected chi connectivity index (χ1v) is 9.32. The lowest BCUT2D eigenvalue weighted by Crippen LogP contribution is -2.39. The second-order valence-electron chi connectivity index (χ2n) is 7.55. The minimum absolute atomic E-state index is 0.154. The van der Waals surface area contributed by atoms with E-state index >= 15 is 0 Å². The summed E-state index contributed by atoms with van der Waals surface area (Å²) in [6.07, 6.45) is 9.10. The second kappa shape index (κ2) is 6.58. The van der Waals surface area contributed by atoms with Crippen LogP contribution in [0, 0.1) is 0 Å². The van der Waals surface area contributed by atoms with Crippen LogP contribution in [0.2, 0.25) is 0 Å². The molecule has 1 aromatic rings. The number of allylic oxidation sites excluding steroid dienone is 1. The van der Waals surface area contributed by atoms with E-state index in [0.29, 0.717) is 18.2 Å². The molecule has 0 spiro atoms. The third kappa shape index (κ3) is 3.06. The van der Waals surface area contributed by atoms with E-state index < -0.39 is 0 Å². The molecule has 0 aromatic heterocycles. The fourth-order valence-electron chi connectivity index (χ4n) is 4.12. The number of anilines is 1. The molecule has 0 bridgehead atoms. The maximum Gasteiger partial charge on any atom is 0.223 e. The largest absolute Gasteiger partial charge is 0.473 e. The van der Waals surface area contributed by atoms with Gasteiger partial charge in [0.15, 0.2) is 0 Å². The van der Waals surface area contributed by atoms with Gasteiger partial charge in [-0.3, -0.25) is 4.79 Å². The molecule has 3 aliphatic heterocycles. The first-order chi connectivity index (χ1) is 12.1. The van der Waals surface area contributed by atoms with Gasteiger partial charge in [0, 0.05) is 18.7 Å². The van der Waals surface area contributed by atoms with Gasteiger partial charge in [-0.2, -0.15) is 0 Å². The van der Waals surface area contributed by atoms with Crippen molar-refractivity contribution in [2.75, 3.05) is 11.9 Å². The van der Waals surface area contributed by atoms with Crippen molar-refractivity contribution in [3.8, 4) is 0 Å². The summed E-state index contributed by atoms with van der Waals surface area (Å²) in [4.78, 5) is 14.5. The van der Waals surface area contributed by atoms with Crippen molar-refractivity contribution >= 4 is 11.6 Å². The zero-order valence-electron chi connectivity index (χ0n) is 15.0. The molecule has 4 heteroatoms. The molecule has 1 fully saturated rings. The smallest absolute Gasteiger partial charge is 0.223 e. The molecule has 2 atom stereocenters. The highest BCUT2D eigenvalue weighted by Gasteiger charge is 2.36. The number of amides is 1. The van der Waals surface area contributed by atoms with E-state index in [1.54, 1.807) is 6.26 Å². The average molecular weight is 338 g/mol. The van der Waals surface area contributed by atoms with Gasteiger partial charge < -0.3 is 15.0 Å². The van der Waals surface area contributed by atoms with Gasteiger partial charge in [0.2, 0.25) is 5.91 Å². The Balaban J connectivity index is 1.71. The van der Waals surface area contributed by atoms with Crippen LogP contribution in [0.15, 0.2) is 42.4 Å². The Morgan fingerprint density at radius 2 is 2.20 bits per heavy atom. The fourth-order valence-corrected chi connectivity index (χ4v) is 4.12. The van der Waals surface area contributed by atoms with E-state index in [1.165, 1.54) is 16.7 Å².